The van der Waals surface area contributed by atoms with Gasteiger partial charge in [0.2, 0.25) is 0 Å². The summed E-state index contributed by atoms with van der Waals surface area (Å²) in [5.41, 5.74) is 0. The van der Waals surface area contributed by atoms with E-state index in [1.165, 1.54) is 0 Å². The summed E-state index contributed by atoms with van der Waals surface area (Å²) in [7, 11) is 0. The number of hydrogen-bond donors (Lipinski definition) is 0. The molecule has 0 radical (unpaired) electrons. The van der Waals surface area contributed by atoms with Crippen molar-refractivity contribution in [3.8, 4) is 0 Å². The van der Waals surface area contributed by atoms with E-state index in [2.05, 4.69) is 0 Å². The van der Waals surface area contributed by atoms with Crippen LogP contribution in [-0.4, -0.2) is 57.5 Å². The van der Waals surface area contributed by atoms with Gasteiger partial charge in [-0.25, -0.2) is 0 Å². The summed E-state index contributed by atoms with van der Waals surface area (Å²) in [4.78, 5) is 0. The van der Waals surface area contributed by atoms with Crippen molar-refractivity contribution < 1.29 is 25.5 Å². The Hall–Kier alpha value is 0.618. The minimum Gasteiger partial charge on any atom is -0.854 e. The molecular formula is C20H45O5Sb. The molecule has 5 nitrogen and oxygen atoms in total. The van der Waals surface area contributed by atoms with Gasteiger partial charge in [-0.2, -0.15) is 0 Å². The van der Waals surface area contributed by atoms with Crippen LogP contribution in [0.3, 0.4) is 0 Å². The Kier molecular flexibility index (Phi) is 101. The van der Waals surface area contributed by atoms with Gasteiger partial charge >= 0.3 is 24.4 Å². The first-order valence-corrected chi connectivity index (χ1v) is 9.98. The van der Waals surface area contributed by atoms with Crippen molar-refractivity contribution >= 4 is 24.4 Å². The molecule has 0 bridgehead atoms. The summed E-state index contributed by atoms with van der Waals surface area (Å²) in [6, 6.07) is 0. The van der Waals surface area contributed by atoms with Gasteiger partial charge < -0.3 is 25.5 Å². The monoisotopic (exact) mass is 486 g/mol. The van der Waals surface area contributed by atoms with Crippen molar-refractivity contribution in [3.05, 3.63) is 0 Å². The molecule has 0 aliphatic heterocycles. The van der Waals surface area contributed by atoms with Gasteiger partial charge in [0.1, 0.15) is 0 Å². The maximum Gasteiger partial charge on any atom is 5.00 e. The standard InChI is InChI=1S/5C4H9O.Sb/c5*1-2-3-4-5;/h5*2-4H2,1H3;/q5*-1;+5. The minimum atomic E-state index is 0. The molecule has 0 N–H and O–H groups in total. The zero-order chi connectivity index (χ0) is 20.6. The van der Waals surface area contributed by atoms with E-state index in [0.29, 0.717) is 0 Å². The van der Waals surface area contributed by atoms with E-state index in [1.807, 2.05) is 34.6 Å². The van der Waals surface area contributed by atoms with E-state index < -0.39 is 0 Å². The molecule has 0 aromatic heterocycles. The Bertz CT molecular complexity index is 96.5. The smallest absolute Gasteiger partial charge is 0.854 e. The molecule has 6 heteroatoms. The van der Waals surface area contributed by atoms with E-state index in [9.17, 15) is 25.5 Å². The Morgan fingerprint density at radius 3 is 0.462 bits per heavy atom. The second-order valence-corrected chi connectivity index (χ2v) is 5.29. The second kappa shape index (κ2) is 63.7. The maximum absolute atomic E-state index is 9.53. The summed E-state index contributed by atoms with van der Waals surface area (Å²) in [6.07, 6.45) is 9.32. The van der Waals surface area contributed by atoms with Crippen LogP contribution >= 0.6 is 0 Å². The van der Waals surface area contributed by atoms with Crippen molar-refractivity contribution in [1.29, 1.82) is 0 Å². The number of rotatable bonds is 10. The molecule has 160 valence electrons. The molecule has 0 rings (SSSR count). The molecule has 0 aromatic carbocycles. The predicted octanol–water partition coefficient (Wildman–Crippen LogP) is 0.353. The molecule has 0 saturated heterocycles. The first kappa shape index (κ1) is 41.1. The van der Waals surface area contributed by atoms with Gasteiger partial charge in [-0.15, -0.1) is 33.0 Å². The molecule has 26 heavy (non-hydrogen) atoms. The summed E-state index contributed by atoms with van der Waals surface area (Å²) in [5.74, 6) is 0. The molecule has 0 unspecified atom stereocenters. The van der Waals surface area contributed by atoms with Crippen molar-refractivity contribution in [2.75, 3.05) is 33.0 Å². The molecule has 0 aromatic rings. The van der Waals surface area contributed by atoms with Crippen molar-refractivity contribution in [2.24, 2.45) is 0 Å². The molecule has 0 aliphatic carbocycles. The summed E-state index contributed by atoms with van der Waals surface area (Å²) < 4.78 is 0. The van der Waals surface area contributed by atoms with Gasteiger partial charge in [0, 0.05) is 0 Å². The maximum atomic E-state index is 9.53. The third-order valence-electron chi connectivity index (χ3n) is 2.49. The molecule has 0 fully saturated rings. The fraction of sp³-hybridized carbons (Fsp3) is 1.00. The summed E-state index contributed by atoms with van der Waals surface area (Å²) in [5, 5.41) is 47.6. The number of hydrogen-bond acceptors (Lipinski definition) is 5. The van der Waals surface area contributed by atoms with Crippen LogP contribution in [0.15, 0.2) is 0 Å². The first-order valence-electron chi connectivity index (χ1n) is 9.98. The first-order chi connectivity index (χ1) is 12.1. The van der Waals surface area contributed by atoms with E-state index in [4.69, 9.17) is 0 Å². The average molecular weight is 487 g/mol. The Morgan fingerprint density at radius 2 is 0.462 bits per heavy atom. The fourth-order valence-corrected chi connectivity index (χ4v) is 0.722. The van der Waals surface area contributed by atoms with E-state index >= 15 is 0 Å². The average Bonchev–Trinajstić information content (AvgIpc) is 2.61. The third kappa shape index (κ3) is 122. The molecule has 0 amide bonds. The van der Waals surface area contributed by atoms with Crippen LogP contribution in [0, 0.1) is 0 Å². The molecule has 0 saturated carbocycles. The van der Waals surface area contributed by atoms with Gasteiger partial charge in [0.05, 0.1) is 0 Å². The van der Waals surface area contributed by atoms with Crippen LogP contribution in [0.4, 0.5) is 0 Å². The van der Waals surface area contributed by atoms with Crippen LogP contribution in [0.5, 0.6) is 0 Å². The van der Waals surface area contributed by atoms with Crippen molar-refractivity contribution in [3.63, 3.8) is 0 Å². The molecule has 0 aliphatic rings. The largest absolute Gasteiger partial charge is 5.00 e. The van der Waals surface area contributed by atoms with Crippen LogP contribution in [0.25, 0.3) is 0 Å². The van der Waals surface area contributed by atoms with Crippen molar-refractivity contribution in [1.82, 2.24) is 0 Å². The van der Waals surface area contributed by atoms with Gasteiger partial charge in [0.25, 0.3) is 0 Å². The van der Waals surface area contributed by atoms with Crippen LogP contribution in [0.1, 0.15) is 98.8 Å². The van der Waals surface area contributed by atoms with E-state index in [-0.39, 0.29) is 57.5 Å². The Labute approximate surface area is 181 Å². The van der Waals surface area contributed by atoms with Crippen LogP contribution in [0.2, 0.25) is 0 Å². The molecule has 0 heterocycles. The quantitative estimate of drug-likeness (QED) is 0.413. The molecule has 0 atom stereocenters. The van der Waals surface area contributed by atoms with Gasteiger partial charge in [-0.05, 0) is 0 Å². The Morgan fingerprint density at radius 1 is 0.346 bits per heavy atom. The van der Waals surface area contributed by atoms with Gasteiger partial charge in [-0.1, -0.05) is 98.8 Å². The van der Waals surface area contributed by atoms with E-state index in [1.54, 1.807) is 0 Å². The third-order valence-corrected chi connectivity index (χ3v) is 2.49. The SMILES string of the molecule is CCCC[O-].CCCC[O-].CCCC[O-].CCCC[O-].CCCC[O-].[Sb+5]. The van der Waals surface area contributed by atoms with Gasteiger partial charge in [-0.3, -0.25) is 0 Å². The fourth-order valence-electron chi connectivity index (χ4n) is 0.722. The van der Waals surface area contributed by atoms with Gasteiger partial charge in [0.15, 0.2) is 0 Å². The zero-order valence-corrected chi connectivity index (χ0v) is 20.6. The normalized spacial score (nSPS) is 8.08. The predicted molar refractivity (Wildman–Crippen MR) is 105 cm³/mol. The molecule has 0 spiro atoms. The number of unbranched alkanes of at least 4 members (excludes halogenated alkanes) is 5. The topological polar surface area (TPSA) is 115 Å². The molecular weight excluding hydrogens is 442 g/mol. The summed E-state index contributed by atoms with van der Waals surface area (Å²) in [6.45, 7) is 10.5. The van der Waals surface area contributed by atoms with Crippen molar-refractivity contribution in [2.45, 2.75) is 98.8 Å². The minimum absolute atomic E-state index is 0. The second-order valence-electron chi connectivity index (χ2n) is 5.29. The van der Waals surface area contributed by atoms with Crippen LogP contribution in [-0.2, 0) is 0 Å². The van der Waals surface area contributed by atoms with E-state index in [0.717, 1.165) is 64.2 Å². The van der Waals surface area contributed by atoms with Crippen LogP contribution < -0.4 is 25.5 Å². The zero-order valence-electron chi connectivity index (χ0n) is 18.1. The Balaban J connectivity index is -0.0000000476. The summed E-state index contributed by atoms with van der Waals surface area (Å²) >= 11 is 0.